The van der Waals surface area contributed by atoms with Crippen molar-refractivity contribution in [3.05, 3.63) is 23.9 Å². The van der Waals surface area contributed by atoms with Crippen LogP contribution in [0.2, 0.25) is 18.1 Å². The largest absolute Gasteiger partial charge is 0.444 e. The van der Waals surface area contributed by atoms with Gasteiger partial charge >= 0.3 is 6.09 Å². The number of ketones is 1. The van der Waals surface area contributed by atoms with Gasteiger partial charge in [0.25, 0.3) is 0 Å². The molecule has 1 aliphatic carbocycles. The Morgan fingerprint density at radius 3 is 2.30 bits per heavy atom. The second kappa shape index (κ2) is 9.37. The Morgan fingerprint density at radius 2 is 1.79 bits per heavy atom. The molecule has 1 saturated carbocycles. The lowest BCUT2D eigenvalue weighted by atomic mass is 10.1. The van der Waals surface area contributed by atoms with Gasteiger partial charge in [-0.05, 0) is 69.3 Å². The fourth-order valence-corrected chi connectivity index (χ4v) is 5.26. The number of Topliss-reactive ketones (excluding diaryl/α,β-unsaturated/α-hetero) is 1. The minimum absolute atomic E-state index is 0.0140. The van der Waals surface area contributed by atoms with Crippen LogP contribution in [-0.4, -0.2) is 56.5 Å². The molecular formula is C25H41N3O4Si. The van der Waals surface area contributed by atoms with Crippen LogP contribution in [0.25, 0.3) is 0 Å². The number of nitrogens with zero attached hydrogens (tertiary/aromatic N) is 2. The molecule has 1 amide bonds. The van der Waals surface area contributed by atoms with Crippen molar-refractivity contribution in [2.24, 2.45) is 11.8 Å². The summed E-state index contributed by atoms with van der Waals surface area (Å²) in [5.41, 5.74) is -0.0110. The van der Waals surface area contributed by atoms with Crippen LogP contribution in [0.5, 0.6) is 0 Å². The normalized spacial score (nSPS) is 21.4. The molecule has 3 unspecified atom stereocenters. The summed E-state index contributed by atoms with van der Waals surface area (Å²) < 4.78 is 11.9. The second-order valence-corrected chi connectivity index (χ2v) is 16.8. The van der Waals surface area contributed by atoms with Crippen molar-refractivity contribution in [3.8, 4) is 0 Å². The van der Waals surface area contributed by atoms with Crippen molar-refractivity contribution < 1.29 is 18.8 Å². The first kappa shape index (κ1) is 25.7. The van der Waals surface area contributed by atoms with Gasteiger partial charge in [0, 0.05) is 37.8 Å². The van der Waals surface area contributed by atoms with Crippen LogP contribution in [0, 0.1) is 11.8 Å². The van der Waals surface area contributed by atoms with E-state index in [4.69, 9.17) is 9.16 Å². The lowest BCUT2D eigenvalue weighted by Crippen LogP contribution is -2.48. The number of nitrogens with one attached hydrogen (secondary N) is 1. The first-order chi connectivity index (χ1) is 15.1. The van der Waals surface area contributed by atoms with E-state index in [0.717, 1.165) is 30.7 Å². The van der Waals surface area contributed by atoms with Crippen LogP contribution in [-0.2, 0) is 9.16 Å². The van der Waals surface area contributed by atoms with Crippen LogP contribution >= 0.6 is 0 Å². The first-order valence-corrected chi connectivity index (χ1v) is 14.9. The van der Waals surface area contributed by atoms with Crippen molar-refractivity contribution >= 4 is 26.0 Å². The maximum absolute atomic E-state index is 13.1. The third-order valence-corrected chi connectivity index (χ3v) is 11.5. The monoisotopic (exact) mass is 475 g/mol. The third kappa shape index (κ3) is 7.02. The van der Waals surface area contributed by atoms with Gasteiger partial charge in [-0.15, -0.1) is 0 Å². The number of aromatic nitrogens is 1. The summed E-state index contributed by atoms with van der Waals surface area (Å²) in [6.45, 7) is 18.6. The van der Waals surface area contributed by atoms with Crippen molar-refractivity contribution in [2.45, 2.75) is 84.2 Å². The van der Waals surface area contributed by atoms with E-state index in [1.165, 1.54) is 6.42 Å². The zero-order valence-electron chi connectivity index (χ0n) is 21.5. The smallest absolute Gasteiger partial charge is 0.407 e. The van der Waals surface area contributed by atoms with E-state index in [2.05, 4.69) is 49.1 Å². The summed E-state index contributed by atoms with van der Waals surface area (Å²) in [6.07, 6.45) is 2.26. The lowest BCUT2D eigenvalue weighted by Gasteiger charge is -2.39. The molecule has 2 fully saturated rings. The molecule has 1 aromatic heterocycles. The molecule has 1 aromatic rings. The Labute approximate surface area is 199 Å². The van der Waals surface area contributed by atoms with E-state index >= 15 is 0 Å². The molecule has 2 aliphatic rings. The Morgan fingerprint density at radius 1 is 1.15 bits per heavy atom. The summed E-state index contributed by atoms with van der Waals surface area (Å²) in [5, 5.41) is 2.77. The first-order valence-electron chi connectivity index (χ1n) is 12.0. The van der Waals surface area contributed by atoms with Crippen molar-refractivity contribution in [1.29, 1.82) is 0 Å². The second-order valence-electron chi connectivity index (χ2n) is 12.1. The maximum Gasteiger partial charge on any atom is 0.407 e. The van der Waals surface area contributed by atoms with Gasteiger partial charge in [-0.25, -0.2) is 9.78 Å². The van der Waals surface area contributed by atoms with E-state index in [1.54, 1.807) is 6.20 Å². The van der Waals surface area contributed by atoms with Gasteiger partial charge in [-0.1, -0.05) is 20.8 Å². The third-order valence-electron chi connectivity index (χ3n) is 6.93. The minimum atomic E-state index is -2.15. The van der Waals surface area contributed by atoms with Crippen LogP contribution in [0.1, 0.15) is 64.7 Å². The van der Waals surface area contributed by atoms with Crippen molar-refractivity contribution in [2.75, 3.05) is 24.5 Å². The SMILES string of the molecule is CC(C)(C)OC(=O)NCC(CC(=O)c1ccc(N2CC3CC3C2)nc1)O[Si](C)(C)C(C)(C)C. The maximum atomic E-state index is 13.1. The number of hydrogen-bond acceptors (Lipinski definition) is 6. The molecule has 0 radical (unpaired) electrons. The van der Waals surface area contributed by atoms with Crippen LogP contribution in [0.15, 0.2) is 18.3 Å². The number of anilines is 1. The molecule has 33 heavy (non-hydrogen) atoms. The fraction of sp³-hybridized carbons (Fsp3) is 0.720. The summed E-state index contributed by atoms with van der Waals surface area (Å²) >= 11 is 0. The number of amides is 1. The highest BCUT2D eigenvalue weighted by Gasteiger charge is 2.45. The number of carbonyl (C=O) groups is 2. The van der Waals surface area contributed by atoms with Crippen LogP contribution in [0.3, 0.4) is 0 Å². The molecule has 8 heteroatoms. The van der Waals surface area contributed by atoms with Crippen LogP contribution in [0.4, 0.5) is 10.6 Å². The summed E-state index contributed by atoms with van der Waals surface area (Å²) in [5.74, 6) is 2.57. The molecule has 184 valence electrons. The molecule has 3 atom stereocenters. The Hall–Kier alpha value is -1.93. The summed E-state index contributed by atoms with van der Waals surface area (Å²) in [6, 6.07) is 3.81. The van der Waals surface area contributed by atoms with E-state index in [0.29, 0.717) is 5.56 Å². The number of pyridine rings is 1. The zero-order chi connectivity index (χ0) is 24.6. The van der Waals surface area contributed by atoms with Crippen molar-refractivity contribution in [1.82, 2.24) is 10.3 Å². The molecule has 1 saturated heterocycles. The number of alkyl carbamates (subject to hydrolysis) is 1. The predicted molar refractivity (Wildman–Crippen MR) is 133 cm³/mol. The average molecular weight is 476 g/mol. The van der Waals surface area contributed by atoms with Gasteiger partial charge in [-0.3, -0.25) is 4.79 Å². The Kier molecular flexibility index (Phi) is 7.29. The average Bonchev–Trinajstić information content (AvgIpc) is 3.29. The lowest BCUT2D eigenvalue weighted by molar-refractivity contribution is 0.0488. The van der Waals surface area contributed by atoms with E-state index < -0.39 is 26.1 Å². The standard InChI is InChI=1S/C25H41N3O4Si/c1-24(2,3)31-23(30)27-14-20(32-33(7,8)25(4,5)6)12-21(29)17-9-10-22(26-13-17)28-15-18-11-19(18)16-28/h9-10,13,18-20H,11-12,14-16H2,1-8H3,(H,27,30). The Bertz CT molecular complexity index is 848. The highest BCUT2D eigenvalue weighted by Crippen LogP contribution is 2.45. The molecule has 1 N–H and O–H groups in total. The highest BCUT2D eigenvalue weighted by atomic mass is 28.4. The molecule has 7 nitrogen and oxygen atoms in total. The highest BCUT2D eigenvalue weighted by molar-refractivity contribution is 6.74. The molecule has 0 bridgehead atoms. The topological polar surface area (TPSA) is 80.8 Å². The van der Waals surface area contributed by atoms with E-state index in [1.807, 2.05) is 32.9 Å². The zero-order valence-corrected chi connectivity index (χ0v) is 22.5. The molecule has 0 aromatic carbocycles. The number of ether oxygens (including phenoxy) is 1. The molecular weight excluding hydrogens is 434 g/mol. The quantitative estimate of drug-likeness (QED) is 0.420. The van der Waals surface area contributed by atoms with E-state index in [-0.39, 0.29) is 23.8 Å². The minimum Gasteiger partial charge on any atom is -0.444 e. The number of carbonyl (C=O) groups excluding carboxylic acids is 2. The Balaban J connectivity index is 1.64. The van der Waals surface area contributed by atoms with Gasteiger partial charge in [0.15, 0.2) is 14.1 Å². The molecule has 3 rings (SSSR count). The number of piperidine rings is 1. The van der Waals surface area contributed by atoms with E-state index in [9.17, 15) is 9.59 Å². The van der Waals surface area contributed by atoms with Gasteiger partial charge in [0.05, 0.1) is 6.10 Å². The number of fused-ring (bicyclic) bond motifs is 1. The van der Waals surface area contributed by atoms with Gasteiger partial charge in [0.2, 0.25) is 0 Å². The number of rotatable bonds is 8. The molecule has 0 spiro atoms. The van der Waals surface area contributed by atoms with Gasteiger partial charge in [0.1, 0.15) is 11.4 Å². The number of hydrogen-bond donors (Lipinski definition) is 1. The predicted octanol–water partition coefficient (Wildman–Crippen LogP) is 5.03. The van der Waals surface area contributed by atoms with Crippen molar-refractivity contribution in [3.63, 3.8) is 0 Å². The summed E-state index contributed by atoms with van der Waals surface area (Å²) in [7, 11) is -2.15. The summed E-state index contributed by atoms with van der Waals surface area (Å²) in [4.78, 5) is 32.1. The van der Waals surface area contributed by atoms with Crippen LogP contribution < -0.4 is 10.2 Å². The fourth-order valence-electron chi connectivity index (χ4n) is 3.91. The van der Waals surface area contributed by atoms with Gasteiger partial charge in [-0.2, -0.15) is 0 Å². The molecule has 2 heterocycles. The molecule has 1 aliphatic heterocycles. The van der Waals surface area contributed by atoms with Gasteiger partial charge < -0.3 is 19.4 Å².